The summed E-state index contributed by atoms with van der Waals surface area (Å²) in [5.74, 6) is 0. The molecule has 0 amide bonds. The Kier molecular flexibility index (Phi) is 6.20. The fraction of sp³-hybridized carbons (Fsp3) is 0.526. The maximum Gasteiger partial charge on any atom is 0.0793 e. The summed E-state index contributed by atoms with van der Waals surface area (Å²) in [5, 5.41) is 4.97. The van der Waals surface area contributed by atoms with Gasteiger partial charge < -0.3 is 5.32 Å². The van der Waals surface area contributed by atoms with E-state index < -0.39 is 0 Å². The lowest BCUT2D eigenvalue weighted by molar-refractivity contribution is 0.225. The molecule has 1 atom stereocenters. The van der Waals surface area contributed by atoms with E-state index in [2.05, 4.69) is 67.2 Å². The molecule has 120 valence electrons. The predicted octanol–water partition coefficient (Wildman–Crippen LogP) is 4.81. The first-order chi connectivity index (χ1) is 10.7. The maximum atomic E-state index is 4.50. The molecule has 2 rings (SSSR count). The van der Waals surface area contributed by atoms with Crippen molar-refractivity contribution in [1.29, 1.82) is 0 Å². The van der Waals surface area contributed by atoms with Gasteiger partial charge in [0.2, 0.25) is 0 Å². The Hall–Kier alpha value is -1.61. The molecule has 22 heavy (non-hydrogen) atoms. The van der Waals surface area contributed by atoms with Crippen molar-refractivity contribution in [1.82, 2.24) is 9.88 Å². The van der Waals surface area contributed by atoms with Crippen LogP contribution >= 0.6 is 0 Å². The molecule has 0 bridgehead atoms. The van der Waals surface area contributed by atoms with Crippen molar-refractivity contribution in [2.24, 2.45) is 0 Å². The monoisotopic (exact) mass is 299 g/mol. The van der Waals surface area contributed by atoms with Crippen LogP contribution < -0.4 is 5.32 Å². The van der Waals surface area contributed by atoms with Crippen LogP contribution in [-0.2, 0) is 0 Å². The summed E-state index contributed by atoms with van der Waals surface area (Å²) in [6.07, 6.45) is 5.95. The first-order valence-corrected chi connectivity index (χ1v) is 8.55. The van der Waals surface area contributed by atoms with E-state index >= 15 is 0 Å². The summed E-state index contributed by atoms with van der Waals surface area (Å²) in [6.45, 7) is 11.0. The number of pyridine rings is 1. The zero-order valence-corrected chi connectivity index (χ0v) is 14.4. The van der Waals surface area contributed by atoms with E-state index in [0.717, 1.165) is 18.6 Å². The molecular weight excluding hydrogens is 270 g/mol. The van der Waals surface area contributed by atoms with Crippen LogP contribution in [-0.4, -0.2) is 29.1 Å². The Morgan fingerprint density at radius 1 is 1.14 bits per heavy atom. The average molecular weight is 299 g/mol. The van der Waals surface area contributed by atoms with Crippen molar-refractivity contribution >= 4 is 16.6 Å². The molecule has 0 aliphatic heterocycles. The first-order valence-electron chi connectivity index (χ1n) is 8.55. The average Bonchev–Trinajstić information content (AvgIpc) is 2.53. The van der Waals surface area contributed by atoms with E-state index in [1.807, 2.05) is 6.20 Å². The van der Waals surface area contributed by atoms with Crippen LogP contribution in [0.1, 0.15) is 45.6 Å². The Morgan fingerprint density at radius 3 is 2.59 bits per heavy atom. The van der Waals surface area contributed by atoms with Crippen LogP contribution in [0.3, 0.4) is 0 Å². The van der Waals surface area contributed by atoms with E-state index in [4.69, 9.17) is 0 Å². The van der Waals surface area contributed by atoms with E-state index in [1.165, 1.54) is 35.9 Å². The second kappa shape index (κ2) is 8.14. The second-order valence-electron chi connectivity index (χ2n) is 5.90. The fourth-order valence-electron chi connectivity index (χ4n) is 2.97. The zero-order chi connectivity index (χ0) is 15.9. The van der Waals surface area contributed by atoms with Gasteiger partial charge in [-0.15, -0.1) is 0 Å². The van der Waals surface area contributed by atoms with Crippen molar-refractivity contribution in [2.45, 2.75) is 53.1 Å². The molecule has 0 radical (unpaired) electrons. The lowest BCUT2D eigenvalue weighted by Crippen LogP contribution is -2.40. The second-order valence-corrected chi connectivity index (χ2v) is 5.90. The fourth-order valence-corrected chi connectivity index (χ4v) is 2.97. The molecule has 1 aromatic heterocycles. The molecule has 0 spiro atoms. The molecule has 0 aliphatic rings. The Balaban J connectivity index is 2.28. The molecule has 0 fully saturated rings. The summed E-state index contributed by atoms with van der Waals surface area (Å²) < 4.78 is 0. The van der Waals surface area contributed by atoms with Crippen molar-refractivity contribution in [3.05, 3.63) is 36.0 Å². The minimum atomic E-state index is 0.391. The van der Waals surface area contributed by atoms with Gasteiger partial charge in [-0.05, 0) is 44.1 Å². The van der Waals surface area contributed by atoms with E-state index in [-0.39, 0.29) is 0 Å². The molecular formula is C19H29N3. The van der Waals surface area contributed by atoms with Crippen LogP contribution in [0.2, 0.25) is 0 Å². The summed E-state index contributed by atoms with van der Waals surface area (Å²) in [6, 6.07) is 8.59. The highest BCUT2D eigenvalue weighted by atomic mass is 15.3. The van der Waals surface area contributed by atoms with Crippen molar-refractivity contribution in [2.75, 3.05) is 18.4 Å². The van der Waals surface area contributed by atoms with Crippen LogP contribution in [0.5, 0.6) is 0 Å². The number of anilines is 1. The van der Waals surface area contributed by atoms with Gasteiger partial charge >= 0.3 is 0 Å². The van der Waals surface area contributed by atoms with Crippen LogP contribution in [0, 0.1) is 6.92 Å². The molecule has 3 nitrogen and oxygen atoms in total. The molecule has 1 N–H and O–H groups in total. The smallest absolute Gasteiger partial charge is 0.0793 e. The summed E-state index contributed by atoms with van der Waals surface area (Å²) >= 11 is 0. The number of benzene rings is 1. The molecule has 1 heterocycles. The highest BCUT2D eigenvalue weighted by Crippen LogP contribution is 2.24. The minimum Gasteiger partial charge on any atom is -0.369 e. The number of aryl methyl sites for hydroxylation is 1. The number of nitrogens with zero attached hydrogens (tertiary/aromatic N) is 2. The number of unbranched alkanes of at least 4 members (excludes halogenated alkanes) is 1. The molecule has 3 heteroatoms. The number of rotatable bonds is 8. The quantitative estimate of drug-likeness (QED) is 0.709. The third-order valence-electron chi connectivity index (χ3n) is 4.30. The number of hydrogen-bond donors (Lipinski definition) is 1. The Labute approximate surface area is 134 Å². The highest BCUT2D eigenvalue weighted by molar-refractivity contribution is 5.91. The molecule has 0 saturated heterocycles. The standard InChI is InChI=1S/C19H29N3/c1-5-8-9-19(22(6-2)7-3)21-17-12-13-20-18-14-15(4)10-11-16(17)18/h10-14,19H,5-9H2,1-4H3,(H,20,21). The van der Waals surface area contributed by atoms with Crippen LogP contribution in [0.15, 0.2) is 30.5 Å². The van der Waals surface area contributed by atoms with Gasteiger partial charge in [0.05, 0.1) is 11.7 Å². The maximum absolute atomic E-state index is 4.50. The predicted molar refractivity (Wildman–Crippen MR) is 96.3 cm³/mol. The van der Waals surface area contributed by atoms with Gasteiger partial charge in [0, 0.05) is 17.3 Å². The van der Waals surface area contributed by atoms with Crippen molar-refractivity contribution in [3.8, 4) is 0 Å². The largest absolute Gasteiger partial charge is 0.369 e. The lowest BCUT2D eigenvalue weighted by atomic mass is 10.1. The molecule has 1 aromatic carbocycles. The SMILES string of the molecule is CCCCC(Nc1ccnc2cc(C)ccc12)N(CC)CC. The third kappa shape index (κ3) is 3.98. The minimum absolute atomic E-state index is 0.391. The molecule has 1 unspecified atom stereocenters. The van der Waals surface area contributed by atoms with Gasteiger partial charge in [-0.3, -0.25) is 9.88 Å². The van der Waals surface area contributed by atoms with Gasteiger partial charge in [0.25, 0.3) is 0 Å². The van der Waals surface area contributed by atoms with Gasteiger partial charge in [0.15, 0.2) is 0 Å². The lowest BCUT2D eigenvalue weighted by Gasteiger charge is -2.31. The summed E-state index contributed by atoms with van der Waals surface area (Å²) in [4.78, 5) is 7.00. The number of nitrogens with one attached hydrogen (secondary N) is 1. The topological polar surface area (TPSA) is 28.2 Å². The number of fused-ring (bicyclic) bond motifs is 1. The molecule has 0 aliphatic carbocycles. The van der Waals surface area contributed by atoms with Crippen molar-refractivity contribution in [3.63, 3.8) is 0 Å². The highest BCUT2D eigenvalue weighted by Gasteiger charge is 2.16. The van der Waals surface area contributed by atoms with Crippen molar-refractivity contribution < 1.29 is 0 Å². The zero-order valence-electron chi connectivity index (χ0n) is 14.4. The Morgan fingerprint density at radius 2 is 1.91 bits per heavy atom. The summed E-state index contributed by atoms with van der Waals surface area (Å²) in [7, 11) is 0. The molecule has 0 saturated carbocycles. The van der Waals surface area contributed by atoms with Gasteiger partial charge in [-0.2, -0.15) is 0 Å². The van der Waals surface area contributed by atoms with Crippen LogP contribution in [0.25, 0.3) is 10.9 Å². The normalized spacial score (nSPS) is 12.8. The number of aromatic nitrogens is 1. The number of hydrogen-bond acceptors (Lipinski definition) is 3. The van der Waals surface area contributed by atoms with Gasteiger partial charge in [0.1, 0.15) is 0 Å². The summed E-state index contributed by atoms with van der Waals surface area (Å²) in [5.41, 5.74) is 3.51. The van der Waals surface area contributed by atoms with Gasteiger partial charge in [-0.25, -0.2) is 0 Å². The Bertz CT molecular complexity index is 590. The molecule has 2 aromatic rings. The first kappa shape index (κ1) is 16.8. The van der Waals surface area contributed by atoms with E-state index in [0.29, 0.717) is 6.17 Å². The van der Waals surface area contributed by atoms with E-state index in [9.17, 15) is 0 Å². The van der Waals surface area contributed by atoms with Crippen LogP contribution in [0.4, 0.5) is 5.69 Å². The third-order valence-corrected chi connectivity index (χ3v) is 4.30. The van der Waals surface area contributed by atoms with E-state index in [1.54, 1.807) is 0 Å². The van der Waals surface area contributed by atoms with Gasteiger partial charge in [-0.1, -0.05) is 45.7 Å².